The van der Waals surface area contributed by atoms with Gasteiger partial charge in [0, 0.05) is 20.1 Å². The summed E-state index contributed by atoms with van der Waals surface area (Å²) in [5.74, 6) is 3.05. The van der Waals surface area contributed by atoms with Crippen LogP contribution in [-0.4, -0.2) is 45.2 Å². The Kier molecular flexibility index (Phi) is 9.55. The van der Waals surface area contributed by atoms with E-state index in [1.165, 1.54) is 29.7 Å². The fraction of sp³-hybridized carbons (Fsp3) is 0.588. The van der Waals surface area contributed by atoms with Crippen LogP contribution in [0, 0.1) is 6.92 Å². The Morgan fingerprint density at radius 1 is 1.23 bits per heavy atom. The summed E-state index contributed by atoms with van der Waals surface area (Å²) in [6.45, 7) is 3.91. The molecule has 5 heteroatoms. The highest BCUT2D eigenvalue weighted by atomic mass is 32.2. The molecule has 0 radical (unpaired) electrons. The van der Waals surface area contributed by atoms with E-state index in [0.29, 0.717) is 0 Å². The predicted octanol–water partition coefficient (Wildman–Crippen LogP) is 2.85. The topological polar surface area (TPSA) is 45.7 Å². The number of nitrogens with zero attached hydrogens (tertiary/aromatic N) is 1. The number of aliphatic imine (C=N–C) groups is 1. The number of nitrogens with one attached hydrogen (secondary N) is 2. The average Bonchev–Trinajstić information content (AvgIpc) is 2.53. The molecule has 1 aromatic carbocycles. The highest BCUT2D eigenvalue weighted by Crippen LogP contribution is 2.19. The van der Waals surface area contributed by atoms with Gasteiger partial charge < -0.3 is 15.4 Å². The molecule has 0 amide bonds. The van der Waals surface area contributed by atoms with Crippen LogP contribution in [-0.2, 0) is 6.42 Å². The van der Waals surface area contributed by atoms with Crippen LogP contribution in [0.4, 0.5) is 0 Å². The minimum absolute atomic E-state index is 0.838. The van der Waals surface area contributed by atoms with E-state index in [4.69, 9.17) is 4.74 Å². The van der Waals surface area contributed by atoms with E-state index in [9.17, 15) is 0 Å². The molecule has 0 heterocycles. The predicted molar refractivity (Wildman–Crippen MR) is 98.4 cm³/mol. The number of rotatable bonds is 9. The second kappa shape index (κ2) is 11.2. The Balaban J connectivity index is 2.34. The van der Waals surface area contributed by atoms with Crippen molar-refractivity contribution in [2.24, 2.45) is 4.99 Å². The third kappa shape index (κ3) is 7.07. The lowest BCUT2D eigenvalue weighted by molar-refractivity contribution is 0.409. The SMILES string of the molecule is CN=C(NCCCCSC)NCCc1cc(C)ccc1OC. The van der Waals surface area contributed by atoms with E-state index in [-0.39, 0.29) is 0 Å². The summed E-state index contributed by atoms with van der Waals surface area (Å²) >= 11 is 1.90. The molecular formula is C17H29N3OS. The van der Waals surface area contributed by atoms with Gasteiger partial charge in [0.05, 0.1) is 7.11 Å². The maximum absolute atomic E-state index is 5.41. The van der Waals surface area contributed by atoms with Gasteiger partial charge in [-0.3, -0.25) is 4.99 Å². The van der Waals surface area contributed by atoms with Gasteiger partial charge in [0.25, 0.3) is 0 Å². The lowest BCUT2D eigenvalue weighted by Gasteiger charge is -2.13. The van der Waals surface area contributed by atoms with Gasteiger partial charge >= 0.3 is 0 Å². The molecule has 1 aromatic rings. The number of methoxy groups -OCH3 is 1. The van der Waals surface area contributed by atoms with Gasteiger partial charge in [0.1, 0.15) is 5.75 Å². The molecule has 0 aliphatic rings. The van der Waals surface area contributed by atoms with Crippen LogP contribution < -0.4 is 15.4 Å². The molecule has 1 rings (SSSR count). The molecule has 0 fully saturated rings. The first kappa shape index (κ1) is 18.7. The minimum Gasteiger partial charge on any atom is -0.496 e. The van der Waals surface area contributed by atoms with E-state index in [1.54, 1.807) is 7.11 Å². The van der Waals surface area contributed by atoms with Crippen molar-refractivity contribution in [1.82, 2.24) is 10.6 Å². The first-order valence-corrected chi connectivity index (χ1v) is 9.17. The van der Waals surface area contributed by atoms with Gasteiger partial charge in [-0.25, -0.2) is 0 Å². The first-order valence-electron chi connectivity index (χ1n) is 7.78. The third-order valence-corrected chi connectivity index (χ3v) is 4.11. The van der Waals surface area contributed by atoms with E-state index >= 15 is 0 Å². The summed E-state index contributed by atoms with van der Waals surface area (Å²) in [5, 5.41) is 6.71. The Labute approximate surface area is 139 Å². The van der Waals surface area contributed by atoms with Crippen molar-refractivity contribution in [3.05, 3.63) is 29.3 Å². The molecule has 0 aliphatic carbocycles. The highest BCUT2D eigenvalue weighted by Gasteiger charge is 2.04. The molecule has 0 saturated carbocycles. The molecule has 0 atom stereocenters. The molecule has 0 aromatic heterocycles. The smallest absolute Gasteiger partial charge is 0.190 e. The molecule has 22 heavy (non-hydrogen) atoms. The number of benzene rings is 1. The van der Waals surface area contributed by atoms with Crippen LogP contribution in [0.15, 0.2) is 23.2 Å². The number of unbranched alkanes of at least 4 members (excludes halogenated alkanes) is 1. The van der Waals surface area contributed by atoms with Crippen LogP contribution in [0.1, 0.15) is 24.0 Å². The second-order valence-electron chi connectivity index (χ2n) is 5.19. The molecule has 2 N–H and O–H groups in total. The minimum atomic E-state index is 0.838. The molecule has 0 spiro atoms. The highest BCUT2D eigenvalue weighted by molar-refractivity contribution is 7.98. The maximum atomic E-state index is 5.41. The number of aryl methyl sites for hydroxylation is 1. The molecular weight excluding hydrogens is 294 g/mol. The zero-order valence-electron chi connectivity index (χ0n) is 14.2. The lowest BCUT2D eigenvalue weighted by atomic mass is 10.1. The zero-order valence-corrected chi connectivity index (χ0v) is 15.1. The fourth-order valence-electron chi connectivity index (χ4n) is 2.22. The first-order chi connectivity index (χ1) is 10.7. The Bertz CT molecular complexity index is 463. The summed E-state index contributed by atoms with van der Waals surface area (Å²) in [7, 11) is 3.53. The number of hydrogen-bond acceptors (Lipinski definition) is 3. The largest absolute Gasteiger partial charge is 0.496 e. The van der Waals surface area contributed by atoms with Crippen molar-refractivity contribution in [1.29, 1.82) is 0 Å². The lowest BCUT2D eigenvalue weighted by Crippen LogP contribution is -2.38. The van der Waals surface area contributed by atoms with Crippen molar-refractivity contribution in [2.45, 2.75) is 26.2 Å². The zero-order chi connectivity index (χ0) is 16.2. The average molecular weight is 324 g/mol. The number of ether oxygens (including phenoxy) is 1. The van der Waals surface area contributed by atoms with Crippen LogP contribution in [0.2, 0.25) is 0 Å². The van der Waals surface area contributed by atoms with E-state index in [2.05, 4.69) is 40.9 Å². The maximum Gasteiger partial charge on any atom is 0.190 e. The molecule has 0 saturated heterocycles. The van der Waals surface area contributed by atoms with Gasteiger partial charge in [-0.15, -0.1) is 0 Å². The van der Waals surface area contributed by atoms with Crippen LogP contribution in [0.5, 0.6) is 5.75 Å². The van der Waals surface area contributed by atoms with Gasteiger partial charge in [-0.1, -0.05) is 17.7 Å². The number of thioether (sulfide) groups is 1. The molecule has 0 aliphatic heterocycles. The van der Waals surface area contributed by atoms with E-state index in [1.807, 2.05) is 24.9 Å². The van der Waals surface area contributed by atoms with Gasteiger partial charge in [-0.05, 0) is 49.8 Å². The Hall–Kier alpha value is -1.36. The van der Waals surface area contributed by atoms with Crippen molar-refractivity contribution in [3.8, 4) is 5.75 Å². The summed E-state index contributed by atoms with van der Waals surface area (Å²) in [6.07, 6.45) is 5.48. The van der Waals surface area contributed by atoms with Crippen LogP contribution >= 0.6 is 11.8 Å². The van der Waals surface area contributed by atoms with E-state index < -0.39 is 0 Å². The van der Waals surface area contributed by atoms with Crippen LogP contribution in [0.3, 0.4) is 0 Å². The van der Waals surface area contributed by atoms with Gasteiger partial charge in [0.15, 0.2) is 5.96 Å². The summed E-state index contributed by atoms with van der Waals surface area (Å²) in [4.78, 5) is 4.26. The molecule has 124 valence electrons. The van der Waals surface area contributed by atoms with Crippen molar-refractivity contribution >= 4 is 17.7 Å². The van der Waals surface area contributed by atoms with Crippen LogP contribution in [0.25, 0.3) is 0 Å². The molecule has 4 nitrogen and oxygen atoms in total. The Morgan fingerprint density at radius 2 is 2.00 bits per heavy atom. The summed E-state index contributed by atoms with van der Waals surface area (Å²) in [6, 6.07) is 6.29. The molecule has 0 bridgehead atoms. The van der Waals surface area contributed by atoms with E-state index in [0.717, 1.165) is 31.2 Å². The standard InChI is InChI=1S/C17H29N3OS/c1-14-7-8-16(21-3)15(13-14)9-11-20-17(18-2)19-10-5-6-12-22-4/h7-8,13H,5-6,9-12H2,1-4H3,(H2,18,19,20). The van der Waals surface area contributed by atoms with Crippen molar-refractivity contribution in [2.75, 3.05) is 39.3 Å². The number of hydrogen-bond donors (Lipinski definition) is 2. The number of guanidine groups is 1. The van der Waals surface area contributed by atoms with Gasteiger partial charge in [-0.2, -0.15) is 11.8 Å². The molecule has 0 unspecified atom stereocenters. The normalized spacial score (nSPS) is 11.4. The van der Waals surface area contributed by atoms with Gasteiger partial charge in [0.2, 0.25) is 0 Å². The summed E-state index contributed by atoms with van der Waals surface area (Å²) < 4.78 is 5.41. The summed E-state index contributed by atoms with van der Waals surface area (Å²) in [5.41, 5.74) is 2.48. The second-order valence-corrected chi connectivity index (χ2v) is 6.18. The quantitative estimate of drug-likeness (QED) is 0.417. The third-order valence-electron chi connectivity index (χ3n) is 3.41. The monoisotopic (exact) mass is 323 g/mol. The van der Waals surface area contributed by atoms with Crippen molar-refractivity contribution < 1.29 is 4.74 Å². The van der Waals surface area contributed by atoms with Crippen molar-refractivity contribution in [3.63, 3.8) is 0 Å². The Morgan fingerprint density at radius 3 is 2.68 bits per heavy atom. The fourth-order valence-corrected chi connectivity index (χ4v) is 2.71.